The van der Waals surface area contributed by atoms with E-state index >= 15 is 0 Å². The van der Waals surface area contributed by atoms with Gasteiger partial charge in [0.15, 0.2) is 5.65 Å². The van der Waals surface area contributed by atoms with Gasteiger partial charge < -0.3 is 21.9 Å². The Morgan fingerprint density at radius 3 is 2.50 bits per heavy atom. The van der Waals surface area contributed by atoms with Crippen LogP contribution in [0.15, 0.2) is 16.9 Å². The van der Waals surface area contributed by atoms with Gasteiger partial charge in [-0.1, -0.05) is 6.07 Å². The zero-order valence-electron chi connectivity index (χ0n) is 13.1. The molecule has 1 aromatic carbocycles. The van der Waals surface area contributed by atoms with Crippen molar-refractivity contribution in [2.24, 2.45) is 0 Å². The zero-order chi connectivity index (χ0) is 17.6. The number of fused-ring (bicyclic) bond motifs is 1. The number of hydrogen-bond donors (Lipinski definition) is 4. The number of nitrogens with zero attached hydrogens (tertiary/aromatic N) is 2. The van der Waals surface area contributed by atoms with Gasteiger partial charge in [-0.25, -0.2) is 14.4 Å². The Labute approximate surface area is 136 Å². The van der Waals surface area contributed by atoms with Gasteiger partial charge in [-0.05, 0) is 25.5 Å². The second-order valence-electron chi connectivity index (χ2n) is 5.40. The van der Waals surface area contributed by atoms with Crippen LogP contribution in [-0.4, -0.2) is 21.2 Å². The molecule has 7 nitrogen and oxygen atoms in total. The van der Waals surface area contributed by atoms with Crippen LogP contribution in [0, 0.1) is 25.1 Å². The van der Waals surface area contributed by atoms with Crippen molar-refractivity contribution in [3.63, 3.8) is 0 Å². The number of nitrogens with two attached hydrogens (primary N) is 2. The second kappa shape index (κ2) is 5.41. The van der Waals surface area contributed by atoms with Crippen LogP contribution in [0.1, 0.15) is 17.0 Å². The predicted octanol–water partition coefficient (Wildman–Crippen LogP) is 1.90. The number of H-pyrrole nitrogens is 1. The van der Waals surface area contributed by atoms with Crippen molar-refractivity contribution in [3.05, 3.63) is 45.3 Å². The fourth-order valence-electron chi connectivity index (χ4n) is 2.54. The molecule has 2 heterocycles. The number of aromatic nitrogens is 3. The van der Waals surface area contributed by atoms with Crippen LogP contribution < -0.4 is 17.0 Å². The first-order valence-corrected chi connectivity index (χ1v) is 7.10. The summed E-state index contributed by atoms with van der Waals surface area (Å²) in [6, 6.07) is 2.59. The fraction of sp³-hybridized carbons (Fsp3) is 0.125. The van der Waals surface area contributed by atoms with E-state index < -0.39 is 11.4 Å². The minimum atomic E-state index is -0.650. The van der Waals surface area contributed by atoms with E-state index in [0.29, 0.717) is 22.5 Å². The number of aryl methyl sites for hydroxylation is 2. The van der Waals surface area contributed by atoms with Crippen LogP contribution >= 0.6 is 0 Å². The Bertz CT molecular complexity index is 1060. The number of nitrogen functional groups attached to an aromatic ring is 2. The van der Waals surface area contributed by atoms with Crippen molar-refractivity contribution >= 4 is 28.8 Å². The highest BCUT2D eigenvalue weighted by Crippen LogP contribution is 2.34. The molecule has 0 unspecified atom stereocenters. The molecular weight excluding hydrogens is 311 g/mol. The number of aromatic amines is 1. The molecule has 3 aromatic rings. The lowest BCUT2D eigenvalue weighted by atomic mass is 9.97. The van der Waals surface area contributed by atoms with E-state index in [1.165, 1.54) is 12.1 Å². The summed E-state index contributed by atoms with van der Waals surface area (Å²) in [4.78, 5) is 23.5. The molecule has 0 aliphatic heterocycles. The van der Waals surface area contributed by atoms with E-state index in [4.69, 9.17) is 16.9 Å². The molecule has 0 amide bonds. The molecule has 122 valence electrons. The predicted molar refractivity (Wildman–Crippen MR) is 91.7 cm³/mol. The minimum Gasteiger partial charge on any atom is -0.396 e. The molecule has 0 bridgehead atoms. The van der Waals surface area contributed by atoms with E-state index in [0.717, 1.165) is 6.21 Å². The van der Waals surface area contributed by atoms with Crippen molar-refractivity contribution in [1.29, 1.82) is 5.41 Å². The second-order valence-corrected chi connectivity index (χ2v) is 5.40. The number of nitrogens with one attached hydrogen (secondary N) is 2. The van der Waals surface area contributed by atoms with E-state index in [1.807, 2.05) is 0 Å². The first kappa shape index (κ1) is 15.6. The van der Waals surface area contributed by atoms with Gasteiger partial charge in [-0.15, -0.1) is 0 Å². The van der Waals surface area contributed by atoms with Gasteiger partial charge in [-0.3, -0.25) is 4.79 Å². The Morgan fingerprint density at radius 2 is 1.83 bits per heavy atom. The van der Waals surface area contributed by atoms with Crippen molar-refractivity contribution in [2.75, 3.05) is 11.5 Å². The molecule has 0 saturated carbocycles. The summed E-state index contributed by atoms with van der Waals surface area (Å²) in [5.41, 5.74) is 13.6. The van der Waals surface area contributed by atoms with Crippen LogP contribution in [0.3, 0.4) is 0 Å². The van der Waals surface area contributed by atoms with Gasteiger partial charge in [0.25, 0.3) is 5.56 Å². The van der Waals surface area contributed by atoms with Gasteiger partial charge in [0.05, 0.1) is 17.1 Å². The minimum absolute atomic E-state index is 0.0887. The smallest absolute Gasteiger partial charge is 0.273 e. The average Bonchev–Trinajstić information content (AvgIpc) is 2.54. The summed E-state index contributed by atoms with van der Waals surface area (Å²) in [7, 11) is 0. The Morgan fingerprint density at radius 1 is 1.17 bits per heavy atom. The number of rotatable bonds is 2. The van der Waals surface area contributed by atoms with Crippen LogP contribution in [0.2, 0.25) is 0 Å². The molecule has 0 radical (unpaired) electrons. The summed E-state index contributed by atoms with van der Waals surface area (Å²) in [5.74, 6) is -0.650. The number of benzene rings is 1. The maximum absolute atomic E-state index is 13.7. The maximum atomic E-state index is 13.7. The number of hydrogen-bond acceptors (Lipinski definition) is 6. The third-order valence-electron chi connectivity index (χ3n) is 3.94. The van der Waals surface area contributed by atoms with Crippen molar-refractivity contribution in [1.82, 2.24) is 15.0 Å². The largest absolute Gasteiger partial charge is 0.396 e. The first-order chi connectivity index (χ1) is 11.3. The average molecular weight is 326 g/mol. The highest BCUT2D eigenvalue weighted by Gasteiger charge is 2.19. The third kappa shape index (κ3) is 2.19. The van der Waals surface area contributed by atoms with Crippen LogP contribution in [0.4, 0.5) is 15.8 Å². The van der Waals surface area contributed by atoms with Crippen LogP contribution in [0.5, 0.6) is 0 Å². The van der Waals surface area contributed by atoms with Gasteiger partial charge >= 0.3 is 0 Å². The van der Waals surface area contributed by atoms with Crippen molar-refractivity contribution in [3.8, 4) is 11.1 Å². The Kier molecular flexibility index (Phi) is 3.52. The molecule has 0 saturated heterocycles. The van der Waals surface area contributed by atoms with E-state index in [9.17, 15) is 9.18 Å². The lowest BCUT2D eigenvalue weighted by Gasteiger charge is -2.14. The van der Waals surface area contributed by atoms with Gasteiger partial charge in [0.2, 0.25) is 0 Å². The first-order valence-electron chi connectivity index (χ1n) is 7.10. The summed E-state index contributed by atoms with van der Waals surface area (Å²) >= 11 is 0. The molecule has 0 atom stereocenters. The number of halogens is 1. The van der Waals surface area contributed by atoms with E-state index in [-0.39, 0.29) is 28.1 Å². The number of anilines is 2. The van der Waals surface area contributed by atoms with Crippen molar-refractivity contribution < 1.29 is 4.39 Å². The summed E-state index contributed by atoms with van der Waals surface area (Å²) in [5, 5.41) is 7.55. The molecule has 6 N–H and O–H groups in total. The normalized spacial score (nSPS) is 11.0. The highest BCUT2D eigenvalue weighted by atomic mass is 19.1. The molecule has 3 rings (SSSR count). The van der Waals surface area contributed by atoms with Gasteiger partial charge in [0, 0.05) is 17.3 Å². The molecule has 2 aromatic heterocycles. The molecule has 8 heteroatoms. The topological polar surface area (TPSA) is 135 Å². The molecule has 24 heavy (non-hydrogen) atoms. The third-order valence-corrected chi connectivity index (χ3v) is 3.94. The lowest BCUT2D eigenvalue weighted by molar-refractivity contribution is 0.632. The Hall–Kier alpha value is -3.29. The summed E-state index contributed by atoms with van der Waals surface area (Å²) < 4.78 is 13.7. The zero-order valence-corrected chi connectivity index (χ0v) is 13.1. The Balaban J connectivity index is 2.53. The molecule has 0 fully saturated rings. The molecular formula is C16H15FN6O. The van der Waals surface area contributed by atoms with Gasteiger partial charge in [0.1, 0.15) is 17.0 Å². The van der Waals surface area contributed by atoms with E-state index in [1.54, 1.807) is 13.8 Å². The summed E-state index contributed by atoms with van der Waals surface area (Å²) in [6.45, 7) is 3.55. The quantitative estimate of drug-likeness (QED) is 0.421. The molecule has 0 aliphatic rings. The SMILES string of the molecule is Cc1nc2[nH]c(=O)c(N)c(-c3ccc(F)c(N)c3C=N)c2nc1C. The van der Waals surface area contributed by atoms with Crippen LogP contribution in [0.25, 0.3) is 22.3 Å². The number of pyridine rings is 1. The lowest BCUT2D eigenvalue weighted by Crippen LogP contribution is -2.16. The highest BCUT2D eigenvalue weighted by molar-refractivity contribution is 6.04. The molecule has 0 aliphatic carbocycles. The standard InChI is InChI=1S/C16H15FN6O/c1-6-7(2)22-15-14(21-6)11(13(20)16(24)23-15)8-3-4-10(17)12(19)9(8)5-18/h3-5,18H,19-20H2,1-2H3,(H,22,23,24). The monoisotopic (exact) mass is 326 g/mol. The maximum Gasteiger partial charge on any atom is 0.273 e. The van der Waals surface area contributed by atoms with Crippen LogP contribution in [-0.2, 0) is 0 Å². The molecule has 0 spiro atoms. The van der Waals surface area contributed by atoms with Crippen molar-refractivity contribution in [2.45, 2.75) is 13.8 Å². The van der Waals surface area contributed by atoms with Gasteiger partial charge in [-0.2, -0.15) is 0 Å². The van der Waals surface area contributed by atoms with E-state index in [2.05, 4.69) is 15.0 Å². The fourth-order valence-corrected chi connectivity index (χ4v) is 2.54. The summed E-state index contributed by atoms with van der Waals surface area (Å²) in [6.07, 6.45) is 0.925.